The van der Waals surface area contributed by atoms with Gasteiger partial charge in [-0.1, -0.05) is 19.9 Å². The Morgan fingerprint density at radius 2 is 2.07 bits per heavy atom. The lowest BCUT2D eigenvalue weighted by Gasteiger charge is -2.13. The molecular formula is C11H12BrFO2. The molecule has 1 aromatic carbocycles. The van der Waals surface area contributed by atoms with E-state index in [9.17, 15) is 14.3 Å². The summed E-state index contributed by atoms with van der Waals surface area (Å²) in [7, 11) is 0. The number of carbonyl (C=O) groups is 1. The van der Waals surface area contributed by atoms with Crippen LogP contribution in [-0.2, 0) is 0 Å². The molecule has 0 saturated heterocycles. The monoisotopic (exact) mass is 274 g/mol. The maximum atomic E-state index is 13.5. The highest BCUT2D eigenvalue weighted by atomic mass is 79.9. The molecule has 0 heterocycles. The smallest absolute Gasteiger partial charge is 0.194 e. The number of rotatable bonds is 3. The molecule has 1 rings (SSSR count). The molecule has 4 heteroatoms. The fourth-order valence-electron chi connectivity index (χ4n) is 1.16. The van der Waals surface area contributed by atoms with Crippen LogP contribution in [0, 0.1) is 11.7 Å². The van der Waals surface area contributed by atoms with Gasteiger partial charge in [-0.3, -0.25) is 4.79 Å². The Hall–Kier alpha value is -0.740. The Balaban J connectivity index is 3.07. The third kappa shape index (κ3) is 2.63. The molecule has 0 saturated carbocycles. The highest BCUT2D eigenvalue weighted by molar-refractivity contribution is 9.10. The Bertz CT molecular complexity index is 377. The standard InChI is InChI=1S/C11H12BrFO2/c1-6(2)10(14)11(15)7-4-3-5-8(12)9(7)13/h3-6,10,14H,1-2H3. The van der Waals surface area contributed by atoms with Crippen molar-refractivity contribution in [2.45, 2.75) is 20.0 Å². The zero-order valence-corrected chi connectivity index (χ0v) is 10.1. The van der Waals surface area contributed by atoms with E-state index in [1.54, 1.807) is 19.9 Å². The maximum Gasteiger partial charge on any atom is 0.194 e. The van der Waals surface area contributed by atoms with E-state index in [2.05, 4.69) is 15.9 Å². The van der Waals surface area contributed by atoms with E-state index in [1.807, 2.05) is 0 Å². The van der Waals surface area contributed by atoms with Crippen LogP contribution >= 0.6 is 15.9 Å². The number of Topliss-reactive ketones (excluding diaryl/α,β-unsaturated/α-hetero) is 1. The number of carbonyl (C=O) groups excluding carboxylic acids is 1. The molecule has 0 aliphatic heterocycles. The molecule has 1 unspecified atom stereocenters. The fraction of sp³-hybridized carbons (Fsp3) is 0.364. The van der Waals surface area contributed by atoms with Crippen molar-refractivity contribution in [2.24, 2.45) is 5.92 Å². The van der Waals surface area contributed by atoms with Crippen LogP contribution in [0.3, 0.4) is 0 Å². The van der Waals surface area contributed by atoms with Crippen molar-refractivity contribution < 1.29 is 14.3 Å². The first kappa shape index (κ1) is 12.3. The number of halogens is 2. The lowest BCUT2D eigenvalue weighted by molar-refractivity contribution is 0.0643. The van der Waals surface area contributed by atoms with Crippen molar-refractivity contribution in [3.63, 3.8) is 0 Å². The van der Waals surface area contributed by atoms with Gasteiger partial charge in [-0.05, 0) is 34.0 Å². The van der Waals surface area contributed by atoms with Crippen LogP contribution in [0.15, 0.2) is 22.7 Å². The Labute approximate surface area is 96.2 Å². The van der Waals surface area contributed by atoms with E-state index in [0.29, 0.717) is 0 Å². The highest BCUT2D eigenvalue weighted by Crippen LogP contribution is 2.21. The molecule has 82 valence electrons. The third-order valence-corrected chi connectivity index (χ3v) is 2.73. The number of aliphatic hydroxyl groups excluding tert-OH is 1. The zero-order valence-electron chi connectivity index (χ0n) is 8.50. The van der Waals surface area contributed by atoms with E-state index < -0.39 is 17.7 Å². The van der Waals surface area contributed by atoms with Crippen molar-refractivity contribution in [3.05, 3.63) is 34.1 Å². The van der Waals surface area contributed by atoms with Crippen molar-refractivity contribution in [3.8, 4) is 0 Å². The van der Waals surface area contributed by atoms with Gasteiger partial charge in [-0.25, -0.2) is 4.39 Å². The lowest BCUT2D eigenvalue weighted by atomic mass is 9.97. The summed E-state index contributed by atoms with van der Waals surface area (Å²) >= 11 is 2.99. The molecule has 2 nitrogen and oxygen atoms in total. The average Bonchev–Trinajstić information content (AvgIpc) is 2.20. The second-order valence-corrected chi connectivity index (χ2v) is 4.51. The average molecular weight is 275 g/mol. The number of ketones is 1. The van der Waals surface area contributed by atoms with Gasteiger partial charge >= 0.3 is 0 Å². The third-order valence-electron chi connectivity index (χ3n) is 2.12. The molecule has 0 spiro atoms. The number of aliphatic hydroxyl groups is 1. The Morgan fingerprint density at radius 3 is 2.60 bits per heavy atom. The van der Waals surface area contributed by atoms with Gasteiger partial charge < -0.3 is 5.11 Å². The summed E-state index contributed by atoms with van der Waals surface area (Å²) in [5, 5.41) is 9.53. The molecule has 15 heavy (non-hydrogen) atoms. The Morgan fingerprint density at radius 1 is 1.47 bits per heavy atom. The van der Waals surface area contributed by atoms with Gasteiger partial charge in [0.15, 0.2) is 5.78 Å². The first-order valence-electron chi connectivity index (χ1n) is 4.61. The molecule has 0 aliphatic carbocycles. The summed E-state index contributed by atoms with van der Waals surface area (Å²) in [4.78, 5) is 11.6. The normalized spacial score (nSPS) is 12.9. The van der Waals surface area contributed by atoms with Gasteiger partial charge in [0.2, 0.25) is 0 Å². The summed E-state index contributed by atoms with van der Waals surface area (Å²) in [6.07, 6.45) is -1.16. The van der Waals surface area contributed by atoms with E-state index in [0.717, 1.165) is 0 Å². The number of benzene rings is 1. The van der Waals surface area contributed by atoms with Crippen LogP contribution in [0.5, 0.6) is 0 Å². The minimum atomic E-state index is -1.16. The molecule has 1 aromatic rings. The molecule has 0 radical (unpaired) electrons. The summed E-state index contributed by atoms with van der Waals surface area (Å²) in [6.45, 7) is 3.41. The SMILES string of the molecule is CC(C)C(O)C(=O)c1cccc(Br)c1F. The quantitative estimate of drug-likeness (QED) is 0.861. The van der Waals surface area contributed by atoms with Crippen molar-refractivity contribution in [2.75, 3.05) is 0 Å². The van der Waals surface area contributed by atoms with E-state index >= 15 is 0 Å². The van der Waals surface area contributed by atoms with Crippen LogP contribution < -0.4 is 0 Å². The molecule has 1 atom stereocenters. The molecule has 0 fully saturated rings. The van der Waals surface area contributed by atoms with Crippen LogP contribution in [0.25, 0.3) is 0 Å². The van der Waals surface area contributed by atoms with Crippen molar-refractivity contribution in [1.29, 1.82) is 0 Å². The van der Waals surface area contributed by atoms with Crippen molar-refractivity contribution >= 4 is 21.7 Å². The minimum Gasteiger partial charge on any atom is -0.385 e. The highest BCUT2D eigenvalue weighted by Gasteiger charge is 2.23. The van der Waals surface area contributed by atoms with Crippen molar-refractivity contribution in [1.82, 2.24) is 0 Å². The van der Waals surface area contributed by atoms with Gasteiger partial charge in [-0.2, -0.15) is 0 Å². The molecule has 0 amide bonds. The van der Waals surface area contributed by atoms with E-state index in [1.165, 1.54) is 12.1 Å². The summed E-state index contributed by atoms with van der Waals surface area (Å²) in [6, 6.07) is 4.44. The zero-order chi connectivity index (χ0) is 11.6. The topological polar surface area (TPSA) is 37.3 Å². The fourth-order valence-corrected chi connectivity index (χ4v) is 1.52. The first-order chi connectivity index (χ1) is 6.95. The van der Waals surface area contributed by atoms with Gasteiger partial charge in [-0.15, -0.1) is 0 Å². The number of hydrogen-bond acceptors (Lipinski definition) is 2. The van der Waals surface area contributed by atoms with Crippen LogP contribution in [0.1, 0.15) is 24.2 Å². The van der Waals surface area contributed by atoms with Gasteiger partial charge in [0.05, 0.1) is 10.0 Å². The molecule has 0 aromatic heterocycles. The predicted molar refractivity (Wildman–Crippen MR) is 59.3 cm³/mol. The molecule has 0 bridgehead atoms. The molecule has 0 aliphatic rings. The van der Waals surface area contributed by atoms with Gasteiger partial charge in [0, 0.05) is 0 Å². The predicted octanol–water partition coefficient (Wildman–Crippen LogP) is 2.79. The summed E-state index contributed by atoms with van der Waals surface area (Å²) < 4.78 is 13.7. The van der Waals surface area contributed by atoms with Crippen LogP contribution in [0.2, 0.25) is 0 Å². The summed E-state index contributed by atoms with van der Waals surface area (Å²) in [5.41, 5.74) is -0.0782. The van der Waals surface area contributed by atoms with Crippen LogP contribution in [-0.4, -0.2) is 17.0 Å². The lowest BCUT2D eigenvalue weighted by Crippen LogP contribution is -2.26. The van der Waals surface area contributed by atoms with Gasteiger partial charge in [0.1, 0.15) is 11.9 Å². The maximum absolute atomic E-state index is 13.5. The number of hydrogen-bond donors (Lipinski definition) is 1. The Kier molecular flexibility index (Phi) is 3.99. The van der Waals surface area contributed by atoms with Crippen LogP contribution in [0.4, 0.5) is 4.39 Å². The second-order valence-electron chi connectivity index (χ2n) is 3.65. The van der Waals surface area contributed by atoms with E-state index in [-0.39, 0.29) is 16.0 Å². The summed E-state index contributed by atoms with van der Waals surface area (Å²) in [5.74, 6) is -1.43. The first-order valence-corrected chi connectivity index (χ1v) is 5.40. The van der Waals surface area contributed by atoms with E-state index in [4.69, 9.17) is 0 Å². The minimum absolute atomic E-state index is 0.0782. The second kappa shape index (κ2) is 4.86. The largest absolute Gasteiger partial charge is 0.385 e. The molecular weight excluding hydrogens is 263 g/mol. The van der Waals surface area contributed by atoms with Gasteiger partial charge in [0.25, 0.3) is 0 Å². The molecule has 1 N–H and O–H groups in total.